The number of hydrogen-bond acceptors (Lipinski definition) is 4. The summed E-state index contributed by atoms with van der Waals surface area (Å²) in [7, 11) is 0. The first-order valence-corrected chi connectivity index (χ1v) is 10.2. The van der Waals surface area contributed by atoms with Gasteiger partial charge in [-0.15, -0.1) is 0 Å². The van der Waals surface area contributed by atoms with Crippen molar-refractivity contribution in [2.45, 2.75) is 45.4 Å². The Bertz CT molecular complexity index is 862. The number of rotatable bonds is 4. The van der Waals surface area contributed by atoms with Gasteiger partial charge >= 0.3 is 0 Å². The molecule has 1 aliphatic heterocycles. The van der Waals surface area contributed by atoms with E-state index in [0.29, 0.717) is 23.4 Å². The van der Waals surface area contributed by atoms with Crippen molar-refractivity contribution in [3.05, 3.63) is 58.1 Å². The van der Waals surface area contributed by atoms with Gasteiger partial charge in [0.1, 0.15) is 17.7 Å². The van der Waals surface area contributed by atoms with Gasteiger partial charge in [0.25, 0.3) is 0 Å². The second kappa shape index (κ2) is 7.97. The van der Waals surface area contributed by atoms with Crippen molar-refractivity contribution in [2.75, 3.05) is 13.1 Å². The van der Waals surface area contributed by atoms with Crippen LogP contribution in [0.5, 0.6) is 5.75 Å². The van der Waals surface area contributed by atoms with Crippen molar-refractivity contribution >= 4 is 11.6 Å². The van der Waals surface area contributed by atoms with Gasteiger partial charge in [-0.3, -0.25) is 9.88 Å². The van der Waals surface area contributed by atoms with Crippen molar-refractivity contribution in [3.63, 3.8) is 0 Å². The highest BCUT2D eigenvalue weighted by Crippen LogP contribution is 2.39. The van der Waals surface area contributed by atoms with Crippen LogP contribution in [0.3, 0.4) is 0 Å². The van der Waals surface area contributed by atoms with Crippen molar-refractivity contribution < 1.29 is 14.2 Å². The molecule has 1 aromatic heterocycles. The van der Waals surface area contributed by atoms with E-state index in [4.69, 9.17) is 16.3 Å². The number of pyridine rings is 1. The second-order valence-corrected chi connectivity index (χ2v) is 8.59. The average molecular weight is 405 g/mol. The molecule has 1 aromatic carbocycles. The molecule has 0 bridgehead atoms. The summed E-state index contributed by atoms with van der Waals surface area (Å²) in [4.78, 5) is 6.76. The van der Waals surface area contributed by atoms with Gasteiger partial charge in [-0.25, -0.2) is 4.39 Å². The maximum atomic E-state index is 13.6. The summed E-state index contributed by atoms with van der Waals surface area (Å²) < 4.78 is 19.7. The molecule has 1 saturated carbocycles. The minimum absolute atomic E-state index is 0.220. The number of likely N-dealkylation sites (tertiary alicyclic amines) is 1. The number of aliphatic hydroxyl groups is 1. The first kappa shape index (κ1) is 19.6. The van der Waals surface area contributed by atoms with Crippen LogP contribution in [0.25, 0.3) is 0 Å². The molecule has 2 aliphatic rings. The minimum Gasteiger partial charge on any atom is -0.486 e. The first-order valence-electron chi connectivity index (χ1n) is 9.84. The Balaban J connectivity index is 1.41. The Morgan fingerprint density at radius 3 is 2.68 bits per heavy atom. The third kappa shape index (κ3) is 4.17. The topological polar surface area (TPSA) is 45.6 Å². The number of hydrogen-bond donors (Lipinski definition) is 1. The lowest BCUT2D eigenvalue weighted by molar-refractivity contribution is -0.0236. The molecule has 0 spiro atoms. The average Bonchev–Trinajstić information content (AvgIpc) is 3.01. The Morgan fingerprint density at radius 2 is 1.93 bits per heavy atom. The molecule has 28 heavy (non-hydrogen) atoms. The molecular formula is C22H26ClFN2O2. The largest absolute Gasteiger partial charge is 0.486 e. The maximum Gasteiger partial charge on any atom is 0.141 e. The van der Waals surface area contributed by atoms with Gasteiger partial charge in [-0.2, -0.15) is 0 Å². The number of fused-ring (bicyclic) bond motifs is 1. The van der Waals surface area contributed by atoms with Crippen LogP contribution in [0.1, 0.15) is 29.8 Å². The van der Waals surface area contributed by atoms with E-state index in [-0.39, 0.29) is 11.9 Å². The molecule has 4 atom stereocenters. The number of aliphatic hydroxyl groups excluding tert-OH is 1. The molecule has 0 unspecified atom stereocenters. The van der Waals surface area contributed by atoms with Gasteiger partial charge in [0.05, 0.1) is 11.8 Å². The Labute approximate surface area is 170 Å². The summed E-state index contributed by atoms with van der Waals surface area (Å²) >= 11 is 6.23. The lowest BCUT2D eigenvalue weighted by Crippen LogP contribution is -2.42. The van der Waals surface area contributed by atoms with Crippen LogP contribution >= 0.6 is 11.6 Å². The SMILES string of the molecule is Cc1ccc(O[C@@H]2C[C@@H]3CN(Cc4cc(F)ccc4Cl)C[C@@H]3C[C@H]2O)c(C)n1. The van der Waals surface area contributed by atoms with E-state index in [0.717, 1.165) is 48.6 Å². The number of aryl methyl sites for hydroxylation is 2. The monoisotopic (exact) mass is 404 g/mol. The zero-order valence-electron chi connectivity index (χ0n) is 16.2. The van der Waals surface area contributed by atoms with Crippen molar-refractivity contribution in [1.82, 2.24) is 9.88 Å². The van der Waals surface area contributed by atoms with Crippen LogP contribution in [0.2, 0.25) is 5.02 Å². The normalized spacial score (nSPS) is 27.6. The van der Waals surface area contributed by atoms with Gasteiger partial charge in [-0.05, 0) is 74.4 Å². The number of aromatic nitrogens is 1. The molecule has 2 aromatic rings. The van der Waals surface area contributed by atoms with Crippen LogP contribution in [0.15, 0.2) is 30.3 Å². The fourth-order valence-corrected chi connectivity index (χ4v) is 4.79. The molecule has 0 amide bonds. The van der Waals surface area contributed by atoms with E-state index >= 15 is 0 Å². The number of benzene rings is 1. The summed E-state index contributed by atoms with van der Waals surface area (Å²) in [5, 5.41) is 11.2. The number of ether oxygens (including phenoxy) is 1. The lowest BCUT2D eigenvalue weighted by atomic mass is 9.78. The van der Waals surface area contributed by atoms with Crippen molar-refractivity contribution in [2.24, 2.45) is 11.8 Å². The fourth-order valence-electron chi connectivity index (χ4n) is 4.61. The smallest absolute Gasteiger partial charge is 0.141 e. The highest BCUT2D eigenvalue weighted by Gasteiger charge is 2.42. The van der Waals surface area contributed by atoms with E-state index in [1.165, 1.54) is 12.1 Å². The van der Waals surface area contributed by atoms with Crippen LogP contribution in [-0.4, -0.2) is 40.3 Å². The highest BCUT2D eigenvalue weighted by molar-refractivity contribution is 6.31. The van der Waals surface area contributed by atoms with E-state index in [9.17, 15) is 9.50 Å². The van der Waals surface area contributed by atoms with Gasteiger partial charge in [-0.1, -0.05) is 11.6 Å². The number of halogens is 2. The Kier molecular flexibility index (Phi) is 5.59. The van der Waals surface area contributed by atoms with Crippen molar-refractivity contribution in [1.29, 1.82) is 0 Å². The second-order valence-electron chi connectivity index (χ2n) is 8.18. The molecule has 1 saturated heterocycles. The summed E-state index contributed by atoms with van der Waals surface area (Å²) in [5.74, 6) is 1.37. The van der Waals surface area contributed by atoms with E-state index in [1.54, 1.807) is 6.07 Å². The summed E-state index contributed by atoms with van der Waals surface area (Å²) in [6.07, 6.45) is 0.829. The Morgan fingerprint density at radius 1 is 1.18 bits per heavy atom. The third-order valence-electron chi connectivity index (χ3n) is 6.02. The maximum absolute atomic E-state index is 13.6. The fraction of sp³-hybridized carbons (Fsp3) is 0.500. The Hall–Kier alpha value is -1.69. The van der Waals surface area contributed by atoms with Gasteiger partial charge < -0.3 is 9.84 Å². The molecule has 1 N–H and O–H groups in total. The van der Waals surface area contributed by atoms with E-state index in [2.05, 4.69) is 9.88 Å². The summed E-state index contributed by atoms with van der Waals surface area (Å²) in [5.41, 5.74) is 2.62. The van der Waals surface area contributed by atoms with E-state index < -0.39 is 6.10 Å². The zero-order chi connectivity index (χ0) is 19.8. The predicted molar refractivity (Wildman–Crippen MR) is 107 cm³/mol. The molecule has 4 rings (SSSR count). The molecule has 2 heterocycles. The first-order chi connectivity index (χ1) is 13.4. The van der Waals surface area contributed by atoms with Crippen LogP contribution in [0, 0.1) is 31.5 Å². The highest BCUT2D eigenvalue weighted by atomic mass is 35.5. The quantitative estimate of drug-likeness (QED) is 0.831. The molecule has 2 fully saturated rings. The van der Waals surface area contributed by atoms with Gasteiger partial charge in [0.15, 0.2) is 0 Å². The standard InChI is InChI=1S/C22H26ClFN2O2/c1-13-3-6-21(14(2)25-13)28-22-9-16-11-26(10-15(16)8-20(22)27)12-17-7-18(24)4-5-19(17)23/h3-7,15-16,20,22,27H,8-12H2,1-2H3/t15-,16+,20+,22+/m0/s1. The summed E-state index contributed by atoms with van der Waals surface area (Å²) in [6, 6.07) is 8.37. The van der Waals surface area contributed by atoms with Crippen molar-refractivity contribution in [3.8, 4) is 5.75 Å². The molecule has 150 valence electrons. The molecular weight excluding hydrogens is 379 g/mol. The molecule has 1 aliphatic carbocycles. The van der Waals surface area contributed by atoms with E-state index in [1.807, 2.05) is 26.0 Å². The summed E-state index contributed by atoms with van der Waals surface area (Å²) in [6.45, 7) is 6.32. The van der Waals surface area contributed by atoms with Crippen LogP contribution in [0.4, 0.5) is 4.39 Å². The minimum atomic E-state index is -0.486. The molecule has 4 nitrogen and oxygen atoms in total. The van der Waals surface area contributed by atoms with Crippen LogP contribution < -0.4 is 4.74 Å². The van der Waals surface area contributed by atoms with Gasteiger partial charge in [0.2, 0.25) is 0 Å². The predicted octanol–water partition coefficient (Wildman–Crippen LogP) is 4.14. The number of nitrogens with zero attached hydrogens (tertiary/aromatic N) is 2. The third-order valence-corrected chi connectivity index (χ3v) is 6.39. The molecule has 0 radical (unpaired) electrons. The van der Waals surface area contributed by atoms with Gasteiger partial charge in [0, 0.05) is 30.4 Å². The zero-order valence-corrected chi connectivity index (χ0v) is 17.0. The lowest BCUT2D eigenvalue weighted by Gasteiger charge is -2.35. The molecule has 6 heteroatoms. The van der Waals surface area contributed by atoms with Crippen LogP contribution in [-0.2, 0) is 6.54 Å².